The number of carbonyl (C=O) groups is 2. The molecule has 3 atom stereocenters. The van der Waals surface area contributed by atoms with Crippen molar-refractivity contribution in [1.29, 1.82) is 0 Å². The number of carbonyl (C=O) groups excluding carboxylic acids is 2. The highest BCUT2D eigenvalue weighted by Gasteiger charge is 2.36. The van der Waals surface area contributed by atoms with Gasteiger partial charge in [-0.1, -0.05) is 13.8 Å². The Balaban J connectivity index is 2.62. The summed E-state index contributed by atoms with van der Waals surface area (Å²) < 4.78 is 0. The van der Waals surface area contributed by atoms with Crippen LogP contribution < -0.4 is 0 Å². The second kappa shape index (κ2) is 4.11. The van der Waals surface area contributed by atoms with E-state index in [4.69, 9.17) is 0 Å². The first-order valence-corrected chi connectivity index (χ1v) is 5.22. The van der Waals surface area contributed by atoms with E-state index in [2.05, 4.69) is 20.8 Å². The average Bonchev–Trinajstić information content (AvgIpc) is 2.32. The molecule has 1 heterocycles. The molecule has 0 saturated carbocycles. The van der Waals surface area contributed by atoms with Gasteiger partial charge in [-0.15, -0.1) is 0 Å². The van der Waals surface area contributed by atoms with E-state index < -0.39 is 0 Å². The molecule has 0 aromatic rings. The van der Waals surface area contributed by atoms with Crippen LogP contribution in [0.3, 0.4) is 0 Å². The van der Waals surface area contributed by atoms with Gasteiger partial charge in [0.2, 0.25) is 5.91 Å². The second-order valence-electron chi connectivity index (χ2n) is 4.50. The lowest BCUT2D eigenvalue weighted by molar-refractivity contribution is -0.135. The summed E-state index contributed by atoms with van der Waals surface area (Å²) in [6.07, 6.45) is 0.0593. The van der Waals surface area contributed by atoms with Crippen molar-refractivity contribution in [3.8, 4) is 0 Å². The van der Waals surface area contributed by atoms with Crippen LogP contribution in [0.25, 0.3) is 0 Å². The number of hydrogen-bond acceptors (Lipinski definition) is 2. The van der Waals surface area contributed by atoms with E-state index in [-0.39, 0.29) is 24.2 Å². The summed E-state index contributed by atoms with van der Waals surface area (Å²) >= 11 is 0. The van der Waals surface area contributed by atoms with Crippen LogP contribution in [0.1, 0.15) is 34.1 Å². The van der Waals surface area contributed by atoms with Gasteiger partial charge in [0.1, 0.15) is 5.78 Å². The zero-order chi connectivity index (χ0) is 10.9. The molecule has 3 unspecified atom stereocenters. The summed E-state index contributed by atoms with van der Waals surface area (Å²) in [5.74, 6) is 1.02. The quantitative estimate of drug-likeness (QED) is 0.629. The summed E-state index contributed by atoms with van der Waals surface area (Å²) in [6.45, 7) is 8.64. The first kappa shape index (κ1) is 11.2. The second-order valence-corrected chi connectivity index (χ2v) is 4.50. The monoisotopic (exact) mass is 197 g/mol. The van der Waals surface area contributed by atoms with E-state index in [0.29, 0.717) is 11.8 Å². The Labute approximate surface area is 85.5 Å². The number of nitrogens with zero attached hydrogens (tertiary/aromatic N) is 1. The highest BCUT2D eigenvalue weighted by molar-refractivity contribution is 5.97. The SMILES string of the molecule is CC(=O)CC(=O)N1CC(C)C(C)C1C. The third kappa shape index (κ3) is 2.14. The third-order valence-corrected chi connectivity index (χ3v) is 3.36. The normalized spacial score (nSPS) is 32.0. The van der Waals surface area contributed by atoms with Gasteiger partial charge in [0.25, 0.3) is 0 Å². The van der Waals surface area contributed by atoms with Crippen molar-refractivity contribution in [2.75, 3.05) is 6.54 Å². The molecule has 3 nitrogen and oxygen atoms in total. The van der Waals surface area contributed by atoms with E-state index in [0.717, 1.165) is 6.54 Å². The highest BCUT2D eigenvalue weighted by atomic mass is 16.2. The summed E-state index contributed by atoms with van der Waals surface area (Å²) in [6, 6.07) is 0.275. The van der Waals surface area contributed by atoms with Crippen molar-refractivity contribution >= 4 is 11.7 Å². The molecule has 0 N–H and O–H groups in total. The predicted octanol–water partition coefficient (Wildman–Crippen LogP) is 1.47. The molecule has 1 aliphatic heterocycles. The topological polar surface area (TPSA) is 37.4 Å². The van der Waals surface area contributed by atoms with Crippen molar-refractivity contribution in [3.05, 3.63) is 0 Å². The maximum atomic E-state index is 11.7. The Morgan fingerprint density at radius 2 is 1.86 bits per heavy atom. The Kier molecular flexibility index (Phi) is 3.29. The van der Waals surface area contributed by atoms with Crippen molar-refractivity contribution in [3.63, 3.8) is 0 Å². The molecule has 14 heavy (non-hydrogen) atoms. The number of ketones is 1. The van der Waals surface area contributed by atoms with Gasteiger partial charge in [-0.3, -0.25) is 9.59 Å². The molecule has 1 aliphatic rings. The van der Waals surface area contributed by atoms with Gasteiger partial charge in [0.15, 0.2) is 0 Å². The van der Waals surface area contributed by atoms with Crippen LogP contribution in [-0.2, 0) is 9.59 Å². The Morgan fingerprint density at radius 3 is 2.21 bits per heavy atom. The van der Waals surface area contributed by atoms with Gasteiger partial charge in [0.05, 0.1) is 6.42 Å². The molecule has 0 aromatic heterocycles. The zero-order valence-electron chi connectivity index (χ0n) is 9.41. The molecule has 1 rings (SSSR count). The molecule has 0 aromatic carbocycles. The zero-order valence-corrected chi connectivity index (χ0v) is 9.41. The third-order valence-electron chi connectivity index (χ3n) is 3.36. The maximum Gasteiger partial charge on any atom is 0.230 e. The Morgan fingerprint density at radius 1 is 1.29 bits per heavy atom. The van der Waals surface area contributed by atoms with Crippen molar-refractivity contribution < 1.29 is 9.59 Å². The summed E-state index contributed by atoms with van der Waals surface area (Å²) in [4.78, 5) is 24.3. The molecule has 3 heteroatoms. The van der Waals surface area contributed by atoms with Gasteiger partial charge in [-0.05, 0) is 25.7 Å². The minimum absolute atomic E-state index is 0.0128. The van der Waals surface area contributed by atoms with Crippen LogP contribution in [0.5, 0.6) is 0 Å². The van der Waals surface area contributed by atoms with Gasteiger partial charge < -0.3 is 4.90 Å². The largest absolute Gasteiger partial charge is 0.339 e. The van der Waals surface area contributed by atoms with Crippen LogP contribution in [0.2, 0.25) is 0 Å². The summed E-state index contributed by atoms with van der Waals surface area (Å²) in [5.41, 5.74) is 0. The molecule has 0 radical (unpaired) electrons. The fraction of sp³-hybridized carbons (Fsp3) is 0.818. The number of rotatable bonds is 2. The first-order chi connectivity index (χ1) is 6.43. The van der Waals surface area contributed by atoms with E-state index in [1.165, 1.54) is 6.92 Å². The van der Waals surface area contributed by atoms with E-state index in [9.17, 15) is 9.59 Å². The smallest absolute Gasteiger partial charge is 0.230 e. The van der Waals surface area contributed by atoms with E-state index in [1.807, 2.05) is 4.90 Å². The Bertz CT molecular complexity index is 250. The minimum Gasteiger partial charge on any atom is -0.339 e. The molecule has 0 spiro atoms. The maximum absolute atomic E-state index is 11.7. The Hall–Kier alpha value is -0.860. The standard InChI is InChI=1S/C11H19NO2/c1-7-6-12(10(4)9(7)3)11(14)5-8(2)13/h7,9-10H,5-6H2,1-4H3. The van der Waals surface area contributed by atoms with Crippen LogP contribution in [-0.4, -0.2) is 29.2 Å². The van der Waals surface area contributed by atoms with Gasteiger partial charge in [0, 0.05) is 12.6 Å². The van der Waals surface area contributed by atoms with Gasteiger partial charge in [-0.2, -0.15) is 0 Å². The molecule has 1 saturated heterocycles. The lowest BCUT2D eigenvalue weighted by atomic mass is 9.95. The summed E-state index contributed by atoms with van der Waals surface area (Å²) in [5, 5.41) is 0. The van der Waals surface area contributed by atoms with Crippen LogP contribution in [0.15, 0.2) is 0 Å². The molecular formula is C11H19NO2. The average molecular weight is 197 g/mol. The predicted molar refractivity (Wildman–Crippen MR) is 54.8 cm³/mol. The molecule has 0 aliphatic carbocycles. The van der Waals surface area contributed by atoms with Crippen molar-refractivity contribution in [1.82, 2.24) is 4.90 Å². The molecule has 1 fully saturated rings. The number of hydrogen-bond donors (Lipinski definition) is 0. The lowest BCUT2D eigenvalue weighted by Gasteiger charge is -2.22. The minimum atomic E-state index is -0.0468. The molecule has 0 bridgehead atoms. The molecular weight excluding hydrogens is 178 g/mol. The fourth-order valence-corrected chi connectivity index (χ4v) is 2.05. The number of amides is 1. The molecule has 80 valence electrons. The highest BCUT2D eigenvalue weighted by Crippen LogP contribution is 2.29. The van der Waals surface area contributed by atoms with E-state index >= 15 is 0 Å². The fourth-order valence-electron chi connectivity index (χ4n) is 2.05. The van der Waals surface area contributed by atoms with Crippen molar-refractivity contribution in [2.24, 2.45) is 11.8 Å². The van der Waals surface area contributed by atoms with E-state index in [1.54, 1.807) is 0 Å². The van der Waals surface area contributed by atoms with Gasteiger partial charge >= 0.3 is 0 Å². The van der Waals surface area contributed by atoms with Crippen LogP contribution >= 0.6 is 0 Å². The van der Waals surface area contributed by atoms with Gasteiger partial charge in [-0.25, -0.2) is 0 Å². The van der Waals surface area contributed by atoms with Crippen LogP contribution in [0.4, 0.5) is 0 Å². The number of Topliss-reactive ketones (excluding diaryl/α,β-unsaturated/α-hetero) is 1. The lowest BCUT2D eigenvalue weighted by Crippen LogP contribution is -2.36. The summed E-state index contributed by atoms with van der Waals surface area (Å²) in [7, 11) is 0. The van der Waals surface area contributed by atoms with Crippen LogP contribution in [0, 0.1) is 11.8 Å². The number of likely N-dealkylation sites (tertiary alicyclic amines) is 1. The first-order valence-electron chi connectivity index (χ1n) is 5.22. The molecule has 1 amide bonds. The van der Waals surface area contributed by atoms with Crippen molar-refractivity contribution in [2.45, 2.75) is 40.2 Å².